The van der Waals surface area contributed by atoms with Gasteiger partial charge in [-0.25, -0.2) is 9.18 Å². The number of hydrogen-bond donors (Lipinski definition) is 2. The summed E-state index contributed by atoms with van der Waals surface area (Å²) in [6.07, 6.45) is 0.225. The third kappa shape index (κ3) is 1.62. The van der Waals surface area contributed by atoms with Gasteiger partial charge in [0.15, 0.2) is 0 Å². The Labute approximate surface area is 81.3 Å². The number of carboxylic acid groups (broad SMARTS) is 1. The van der Waals surface area contributed by atoms with Crippen LogP contribution in [0.2, 0.25) is 0 Å². The maximum Gasteiger partial charge on any atom is 0.341 e. The fourth-order valence-electron chi connectivity index (χ4n) is 2.04. The van der Waals surface area contributed by atoms with Gasteiger partial charge in [0.1, 0.15) is 5.60 Å². The molecule has 80 valence electrons. The SMILES string of the molecule is O=C(O)C(F)C1(O)CCN(C2CC2)C1. The molecule has 0 amide bonds. The zero-order valence-corrected chi connectivity index (χ0v) is 7.82. The fourth-order valence-corrected chi connectivity index (χ4v) is 2.04. The zero-order chi connectivity index (χ0) is 10.3. The van der Waals surface area contributed by atoms with Crippen LogP contribution in [0, 0.1) is 0 Å². The molecule has 2 unspecified atom stereocenters. The van der Waals surface area contributed by atoms with Crippen LogP contribution in [0.15, 0.2) is 0 Å². The summed E-state index contributed by atoms with van der Waals surface area (Å²) < 4.78 is 13.2. The average molecular weight is 203 g/mol. The van der Waals surface area contributed by atoms with Crippen LogP contribution in [0.1, 0.15) is 19.3 Å². The zero-order valence-electron chi connectivity index (χ0n) is 7.82. The van der Waals surface area contributed by atoms with Crippen molar-refractivity contribution in [1.29, 1.82) is 0 Å². The molecule has 14 heavy (non-hydrogen) atoms. The van der Waals surface area contributed by atoms with Crippen molar-refractivity contribution in [3.05, 3.63) is 0 Å². The lowest BCUT2D eigenvalue weighted by atomic mass is 9.97. The molecule has 1 aliphatic carbocycles. The molecule has 5 heteroatoms. The first kappa shape index (κ1) is 9.86. The fraction of sp³-hybridized carbons (Fsp3) is 0.889. The largest absolute Gasteiger partial charge is 0.479 e. The van der Waals surface area contributed by atoms with Crippen molar-refractivity contribution in [3.8, 4) is 0 Å². The molecule has 0 spiro atoms. The summed E-state index contributed by atoms with van der Waals surface area (Å²) in [6, 6.07) is 0.449. The van der Waals surface area contributed by atoms with Crippen molar-refractivity contribution in [2.45, 2.75) is 37.1 Å². The maximum atomic E-state index is 13.2. The van der Waals surface area contributed by atoms with Crippen LogP contribution in [-0.2, 0) is 4.79 Å². The summed E-state index contributed by atoms with van der Waals surface area (Å²) in [5, 5.41) is 18.3. The van der Waals surface area contributed by atoms with Crippen molar-refractivity contribution in [2.24, 2.45) is 0 Å². The molecule has 0 aromatic carbocycles. The Balaban J connectivity index is 1.99. The highest BCUT2D eigenvalue weighted by atomic mass is 19.1. The lowest BCUT2D eigenvalue weighted by Gasteiger charge is -2.24. The molecule has 2 rings (SSSR count). The van der Waals surface area contributed by atoms with Gasteiger partial charge < -0.3 is 10.2 Å². The van der Waals surface area contributed by atoms with E-state index < -0.39 is 17.7 Å². The van der Waals surface area contributed by atoms with Gasteiger partial charge in [0.05, 0.1) is 0 Å². The van der Waals surface area contributed by atoms with E-state index in [9.17, 15) is 14.3 Å². The number of nitrogens with zero attached hydrogens (tertiary/aromatic N) is 1. The molecule has 0 aromatic heterocycles. The Morgan fingerprint density at radius 1 is 1.57 bits per heavy atom. The van der Waals surface area contributed by atoms with Crippen LogP contribution in [0.3, 0.4) is 0 Å². The van der Waals surface area contributed by atoms with E-state index in [2.05, 4.69) is 0 Å². The minimum Gasteiger partial charge on any atom is -0.479 e. The van der Waals surface area contributed by atoms with Crippen molar-refractivity contribution in [3.63, 3.8) is 0 Å². The Morgan fingerprint density at radius 2 is 2.21 bits per heavy atom. The molecule has 1 heterocycles. The van der Waals surface area contributed by atoms with Gasteiger partial charge in [-0.05, 0) is 19.3 Å². The first-order valence-corrected chi connectivity index (χ1v) is 4.86. The van der Waals surface area contributed by atoms with Crippen LogP contribution in [-0.4, -0.2) is 52.0 Å². The Bertz CT molecular complexity index is 256. The van der Waals surface area contributed by atoms with E-state index in [0.29, 0.717) is 12.6 Å². The predicted molar refractivity (Wildman–Crippen MR) is 46.7 cm³/mol. The van der Waals surface area contributed by atoms with Gasteiger partial charge in [0.2, 0.25) is 6.17 Å². The number of rotatable bonds is 3. The molecule has 0 bridgehead atoms. The molecule has 2 fully saturated rings. The third-order valence-corrected chi connectivity index (χ3v) is 3.06. The highest BCUT2D eigenvalue weighted by molar-refractivity contribution is 5.74. The second-order valence-electron chi connectivity index (χ2n) is 4.26. The van der Waals surface area contributed by atoms with Gasteiger partial charge in [-0.3, -0.25) is 4.90 Å². The highest BCUT2D eigenvalue weighted by Gasteiger charge is 2.49. The molecule has 1 aliphatic heterocycles. The number of likely N-dealkylation sites (tertiary alicyclic amines) is 1. The van der Waals surface area contributed by atoms with Crippen LogP contribution >= 0.6 is 0 Å². The van der Waals surface area contributed by atoms with Crippen molar-refractivity contribution in [1.82, 2.24) is 4.90 Å². The molecular formula is C9H14FNO3. The Kier molecular flexibility index (Phi) is 2.23. The Hall–Kier alpha value is -0.680. The average Bonchev–Trinajstić information content (AvgIpc) is 2.90. The molecule has 0 radical (unpaired) electrons. The van der Waals surface area contributed by atoms with Gasteiger partial charge in [-0.15, -0.1) is 0 Å². The quantitative estimate of drug-likeness (QED) is 0.678. The van der Waals surface area contributed by atoms with E-state index in [1.54, 1.807) is 0 Å². The standard InChI is InChI=1S/C9H14FNO3/c10-7(8(12)13)9(14)3-4-11(5-9)6-1-2-6/h6-7,14H,1-5H2,(H,12,13). The lowest BCUT2D eigenvalue weighted by molar-refractivity contribution is -0.153. The smallest absolute Gasteiger partial charge is 0.341 e. The molecule has 2 atom stereocenters. The van der Waals surface area contributed by atoms with Crippen LogP contribution in [0.4, 0.5) is 4.39 Å². The number of halogens is 1. The predicted octanol–water partition coefficient (Wildman–Crippen LogP) is 0.00830. The summed E-state index contributed by atoms with van der Waals surface area (Å²) in [5.41, 5.74) is -1.67. The second kappa shape index (κ2) is 3.17. The third-order valence-electron chi connectivity index (χ3n) is 3.06. The Morgan fingerprint density at radius 3 is 2.71 bits per heavy atom. The van der Waals surface area contributed by atoms with Gasteiger partial charge >= 0.3 is 5.97 Å². The lowest BCUT2D eigenvalue weighted by Crippen LogP contribution is -2.46. The monoisotopic (exact) mass is 203 g/mol. The summed E-state index contributed by atoms with van der Waals surface area (Å²) in [5.74, 6) is -1.56. The molecule has 4 nitrogen and oxygen atoms in total. The summed E-state index contributed by atoms with van der Waals surface area (Å²) in [4.78, 5) is 12.4. The highest BCUT2D eigenvalue weighted by Crippen LogP contribution is 2.35. The van der Waals surface area contributed by atoms with Crippen molar-refractivity contribution >= 4 is 5.97 Å². The minimum absolute atomic E-state index is 0.158. The molecular weight excluding hydrogens is 189 g/mol. The number of aliphatic hydroxyl groups is 1. The molecule has 1 saturated carbocycles. The number of alkyl halides is 1. The molecule has 0 aromatic rings. The van der Waals surface area contributed by atoms with Gasteiger partial charge in [-0.2, -0.15) is 0 Å². The van der Waals surface area contributed by atoms with Crippen molar-refractivity contribution in [2.75, 3.05) is 13.1 Å². The first-order chi connectivity index (χ1) is 6.53. The first-order valence-electron chi connectivity index (χ1n) is 4.86. The summed E-state index contributed by atoms with van der Waals surface area (Å²) in [7, 11) is 0. The van der Waals surface area contributed by atoms with Crippen LogP contribution in [0.25, 0.3) is 0 Å². The van der Waals surface area contributed by atoms with Crippen LogP contribution in [0.5, 0.6) is 0 Å². The van der Waals surface area contributed by atoms with E-state index in [0.717, 1.165) is 12.8 Å². The topological polar surface area (TPSA) is 60.8 Å². The van der Waals surface area contributed by atoms with E-state index in [-0.39, 0.29) is 13.0 Å². The summed E-state index contributed by atoms with van der Waals surface area (Å²) >= 11 is 0. The van der Waals surface area contributed by atoms with Gasteiger partial charge in [-0.1, -0.05) is 0 Å². The summed E-state index contributed by atoms with van der Waals surface area (Å²) in [6.45, 7) is 0.764. The maximum absolute atomic E-state index is 13.2. The van der Waals surface area contributed by atoms with Crippen LogP contribution < -0.4 is 0 Å². The van der Waals surface area contributed by atoms with Crippen molar-refractivity contribution < 1.29 is 19.4 Å². The molecule has 2 N–H and O–H groups in total. The van der Waals surface area contributed by atoms with Gasteiger partial charge in [0, 0.05) is 19.1 Å². The van der Waals surface area contributed by atoms with E-state index in [1.165, 1.54) is 0 Å². The number of hydrogen-bond acceptors (Lipinski definition) is 3. The minimum atomic E-state index is -2.16. The molecule has 2 aliphatic rings. The normalized spacial score (nSPS) is 35.9. The number of carbonyl (C=O) groups is 1. The number of aliphatic carboxylic acids is 1. The second-order valence-corrected chi connectivity index (χ2v) is 4.26. The van der Waals surface area contributed by atoms with Gasteiger partial charge in [0.25, 0.3) is 0 Å². The van der Waals surface area contributed by atoms with E-state index >= 15 is 0 Å². The van der Waals surface area contributed by atoms with E-state index in [1.807, 2.05) is 4.90 Å². The number of β-amino-alcohol motifs (C(OH)–C–C–N with tert-alkyl or cyclic N) is 1. The molecule has 1 saturated heterocycles. The van der Waals surface area contributed by atoms with E-state index in [4.69, 9.17) is 5.11 Å². The number of carboxylic acids is 1.